The number of ether oxygens (including phenoxy) is 1. The van der Waals surface area contributed by atoms with Gasteiger partial charge in [0.15, 0.2) is 5.75 Å². The average molecular weight is 635 g/mol. The van der Waals surface area contributed by atoms with Gasteiger partial charge in [0.25, 0.3) is 10.9 Å². The van der Waals surface area contributed by atoms with Crippen molar-refractivity contribution >= 4 is 45.2 Å². The number of urea groups is 1. The first-order valence-corrected chi connectivity index (χ1v) is 15.8. The van der Waals surface area contributed by atoms with Crippen LogP contribution in [0.2, 0.25) is 0 Å². The number of pyridine rings is 1. The molecule has 5 rings (SSSR count). The molecule has 5 aromatic rings. The van der Waals surface area contributed by atoms with Crippen molar-refractivity contribution in [2.24, 2.45) is 0 Å². The lowest BCUT2D eigenvalue weighted by atomic mass is 9.86. The van der Waals surface area contributed by atoms with Crippen molar-refractivity contribution in [2.45, 2.75) is 46.6 Å². The largest absolute Gasteiger partial charge is 0.492 e. The number of aromatic nitrogens is 1. The lowest BCUT2D eigenvalue weighted by molar-refractivity contribution is 0.262. The minimum absolute atomic E-state index is 0.151. The molecule has 0 atom stereocenters. The number of nitrogens with one attached hydrogen (secondary N) is 4. The minimum Gasteiger partial charge on any atom is -0.492 e. The number of rotatable bonds is 11. The van der Waals surface area contributed by atoms with Gasteiger partial charge in [0.1, 0.15) is 11.4 Å². The fourth-order valence-electron chi connectivity index (χ4n) is 5.64. The maximum absolute atomic E-state index is 13.5. The Bertz CT molecular complexity index is 1980. The van der Waals surface area contributed by atoms with Crippen LogP contribution in [0.5, 0.6) is 5.75 Å². The Morgan fingerprint density at radius 2 is 1.51 bits per heavy atom. The number of fused-ring (bicyclic) bond motifs is 1. The number of carbonyl (C=O) groups excluding carboxylic acids is 1. The van der Waals surface area contributed by atoms with Crippen molar-refractivity contribution in [2.75, 3.05) is 48.5 Å². The van der Waals surface area contributed by atoms with Crippen LogP contribution in [0.3, 0.4) is 0 Å². The van der Waals surface area contributed by atoms with Gasteiger partial charge in [-0.1, -0.05) is 71.0 Å². The lowest BCUT2D eigenvalue weighted by Crippen LogP contribution is -2.36. The van der Waals surface area contributed by atoms with Crippen LogP contribution in [0, 0.1) is 0 Å². The van der Waals surface area contributed by atoms with E-state index in [1.807, 2.05) is 75.5 Å². The van der Waals surface area contributed by atoms with E-state index in [1.165, 1.54) is 7.11 Å². The van der Waals surface area contributed by atoms with Gasteiger partial charge in [0.05, 0.1) is 29.9 Å². The number of anilines is 5. The monoisotopic (exact) mass is 634 g/mol. The molecule has 0 bridgehead atoms. The van der Waals surface area contributed by atoms with Crippen LogP contribution in [0.25, 0.3) is 21.9 Å². The van der Waals surface area contributed by atoms with Crippen LogP contribution in [-0.4, -0.2) is 43.2 Å². The van der Waals surface area contributed by atoms with E-state index in [0.717, 1.165) is 52.8 Å². The van der Waals surface area contributed by atoms with Crippen molar-refractivity contribution in [1.29, 1.82) is 0 Å². The number of benzene rings is 3. The van der Waals surface area contributed by atoms with Gasteiger partial charge in [-0.05, 0) is 59.3 Å². The lowest BCUT2D eigenvalue weighted by Gasteiger charge is -2.25. The quantitative estimate of drug-likeness (QED) is 0.114. The highest BCUT2D eigenvalue weighted by atomic mass is 16.5. The van der Waals surface area contributed by atoms with Crippen molar-refractivity contribution in [3.8, 4) is 16.9 Å². The fourth-order valence-corrected chi connectivity index (χ4v) is 5.64. The van der Waals surface area contributed by atoms with Gasteiger partial charge in [-0.25, -0.2) is 4.79 Å². The Labute approximate surface area is 274 Å². The molecule has 47 heavy (non-hydrogen) atoms. The van der Waals surface area contributed by atoms with E-state index >= 15 is 0 Å². The molecular formula is C37H42N6O4. The van der Waals surface area contributed by atoms with Gasteiger partial charge in [-0.3, -0.25) is 19.5 Å². The number of carbonyl (C=O) groups is 1. The SMILES string of the molecule is CCN(CC)Cc1ccc(-c2ccc(NC(=O)Nc3cc(C(C)(C)C)cc(Nc4c(NC)c(=O)c4=O)c3OC)c3ccccc23)cn1. The molecule has 4 N–H and O–H groups in total. The van der Waals surface area contributed by atoms with Crippen molar-refractivity contribution in [3.63, 3.8) is 0 Å². The fraction of sp³-hybridized carbons (Fsp3) is 0.297. The maximum atomic E-state index is 13.5. The van der Waals surface area contributed by atoms with E-state index in [1.54, 1.807) is 7.05 Å². The standard InChI is InChI=1S/C37H42N6O4/c1-8-43(9-2)21-24-15-14-22(20-39-24)25-16-17-28(27-13-11-10-12-26(25)27)41-36(46)42-30-19-23(37(3,4)5)18-29(35(30)47-7)40-32-31(38-6)33(44)34(32)45/h10-20,38,40H,8-9,21H2,1-7H3,(H2,41,42,46). The Kier molecular flexibility index (Phi) is 9.62. The van der Waals surface area contributed by atoms with E-state index in [2.05, 4.69) is 52.1 Å². The van der Waals surface area contributed by atoms with Gasteiger partial charge in [0.2, 0.25) is 0 Å². The zero-order valence-electron chi connectivity index (χ0n) is 28.0. The zero-order chi connectivity index (χ0) is 33.9. The highest BCUT2D eigenvalue weighted by Crippen LogP contribution is 2.41. The third-order valence-corrected chi connectivity index (χ3v) is 8.42. The Hall–Kier alpha value is -5.22. The van der Waals surface area contributed by atoms with Crippen LogP contribution in [0.1, 0.15) is 45.9 Å². The number of amides is 2. The van der Waals surface area contributed by atoms with E-state index in [4.69, 9.17) is 9.72 Å². The van der Waals surface area contributed by atoms with E-state index < -0.39 is 16.9 Å². The molecule has 4 aromatic carbocycles. The van der Waals surface area contributed by atoms with Crippen molar-refractivity contribution in [1.82, 2.24) is 9.88 Å². The van der Waals surface area contributed by atoms with Crippen LogP contribution in [0.4, 0.5) is 33.2 Å². The molecule has 0 fully saturated rings. The predicted molar refractivity (Wildman–Crippen MR) is 192 cm³/mol. The van der Waals surface area contributed by atoms with Gasteiger partial charge in [-0.2, -0.15) is 0 Å². The predicted octanol–water partition coefficient (Wildman–Crippen LogP) is 7.08. The molecule has 0 radical (unpaired) electrons. The number of hydrogen-bond acceptors (Lipinski definition) is 8. The summed E-state index contributed by atoms with van der Waals surface area (Å²) in [6, 6.07) is 19.2. The molecule has 0 saturated heterocycles. The molecule has 10 heteroatoms. The van der Waals surface area contributed by atoms with Crippen LogP contribution < -0.4 is 36.9 Å². The number of hydrogen-bond donors (Lipinski definition) is 4. The molecule has 0 saturated carbocycles. The van der Waals surface area contributed by atoms with Gasteiger partial charge in [0, 0.05) is 30.7 Å². The summed E-state index contributed by atoms with van der Waals surface area (Å²) in [7, 11) is 3.07. The van der Waals surface area contributed by atoms with Gasteiger partial charge in [-0.15, -0.1) is 0 Å². The Morgan fingerprint density at radius 1 is 0.851 bits per heavy atom. The second-order valence-corrected chi connectivity index (χ2v) is 12.4. The average Bonchev–Trinajstić information content (AvgIpc) is 3.06. The third-order valence-electron chi connectivity index (χ3n) is 8.42. The summed E-state index contributed by atoms with van der Waals surface area (Å²) >= 11 is 0. The Balaban J connectivity index is 1.44. The van der Waals surface area contributed by atoms with Gasteiger partial charge >= 0.3 is 6.03 Å². The smallest absolute Gasteiger partial charge is 0.323 e. The normalized spacial score (nSPS) is 11.6. The molecule has 1 heterocycles. The number of nitrogens with zero attached hydrogens (tertiary/aromatic N) is 2. The summed E-state index contributed by atoms with van der Waals surface area (Å²) in [6.07, 6.45) is 1.91. The van der Waals surface area contributed by atoms with Crippen LogP contribution in [0.15, 0.2) is 76.4 Å². The summed E-state index contributed by atoms with van der Waals surface area (Å²) in [4.78, 5) is 45.0. The van der Waals surface area contributed by atoms with Gasteiger partial charge < -0.3 is 26.0 Å². The van der Waals surface area contributed by atoms with E-state index in [9.17, 15) is 14.4 Å². The first-order valence-electron chi connectivity index (χ1n) is 15.8. The van der Waals surface area contributed by atoms with E-state index in [-0.39, 0.29) is 16.8 Å². The molecule has 2 amide bonds. The van der Waals surface area contributed by atoms with Crippen molar-refractivity contribution < 1.29 is 9.53 Å². The summed E-state index contributed by atoms with van der Waals surface area (Å²) < 4.78 is 5.72. The number of methoxy groups -OCH3 is 1. The molecule has 0 spiro atoms. The highest BCUT2D eigenvalue weighted by Gasteiger charge is 2.25. The summed E-state index contributed by atoms with van der Waals surface area (Å²) in [5.41, 5.74) is 4.25. The maximum Gasteiger partial charge on any atom is 0.323 e. The molecule has 0 aliphatic carbocycles. The van der Waals surface area contributed by atoms with Crippen LogP contribution >= 0.6 is 0 Å². The molecule has 10 nitrogen and oxygen atoms in total. The second-order valence-electron chi connectivity index (χ2n) is 12.4. The second kappa shape index (κ2) is 13.6. The van der Waals surface area contributed by atoms with Crippen molar-refractivity contribution in [3.05, 3.63) is 98.6 Å². The molecule has 244 valence electrons. The first-order chi connectivity index (χ1) is 22.5. The molecular weight excluding hydrogens is 592 g/mol. The van der Waals surface area contributed by atoms with Crippen LogP contribution in [-0.2, 0) is 12.0 Å². The summed E-state index contributed by atoms with van der Waals surface area (Å²) in [5, 5.41) is 13.7. The third kappa shape index (κ3) is 6.83. The van der Waals surface area contributed by atoms with E-state index in [0.29, 0.717) is 22.8 Å². The summed E-state index contributed by atoms with van der Waals surface area (Å²) in [6.45, 7) is 13.2. The molecule has 0 aliphatic heterocycles. The molecule has 0 unspecified atom stereocenters. The highest BCUT2D eigenvalue weighted by molar-refractivity contribution is 6.10. The minimum atomic E-state index is -0.619. The molecule has 0 aliphatic rings. The summed E-state index contributed by atoms with van der Waals surface area (Å²) in [5.74, 6) is 0.320. The molecule has 1 aromatic heterocycles. The first kappa shape index (κ1) is 33.2. The topological polar surface area (TPSA) is 125 Å². The zero-order valence-corrected chi connectivity index (χ0v) is 28.0. The Morgan fingerprint density at radius 3 is 2.13 bits per heavy atom.